The van der Waals surface area contributed by atoms with Crippen LogP contribution < -0.4 is 5.32 Å². The molecule has 0 spiro atoms. The van der Waals surface area contributed by atoms with E-state index in [0.29, 0.717) is 11.1 Å². The molecule has 1 aliphatic heterocycles. The fourth-order valence-electron chi connectivity index (χ4n) is 2.74. The summed E-state index contributed by atoms with van der Waals surface area (Å²) in [5, 5.41) is 3.78. The molecule has 0 aromatic carbocycles. The number of nitrogens with zero attached hydrogens (tertiary/aromatic N) is 1. The molecule has 0 amide bonds. The van der Waals surface area contributed by atoms with E-state index in [-0.39, 0.29) is 0 Å². The normalized spacial score (nSPS) is 35.2. The maximum absolute atomic E-state index is 3.78. The lowest BCUT2D eigenvalue weighted by atomic mass is 9.93. The molecule has 1 aliphatic carbocycles. The van der Waals surface area contributed by atoms with Gasteiger partial charge in [0, 0.05) is 17.6 Å². The molecule has 0 radical (unpaired) electrons. The molecule has 2 rings (SSSR count). The maximum atomic E-state index is 3.78. The van der Waals surface area contributed by atoms with Crippen molar-refractivity contribution in [3.63, 3.8) is 0 Å². The number of hydrogen-bond acceptors (Lipinski definition) is 2. The van der Waals surface area contributed by atoms with Gasteiger partial charge in [0.15, 0.2) is 0 Å². The van der Waals surface area contributed by atoms with Crippen LogP contribution in [0.3, 0.4) is 0 Å². The summed E-state index contributed by atoms with van der Waals surface area (Å²) in [5.74, 6) is 0.931. The fourth-order valence-corrected chi connectivity index (χ4v) is 2.74. The largest absolute Gasteiger partial charge is 0.310 e. The standard InChI is InChI=1S/C13H26N2/c1-12(2,3)15-9-5-8-14-13(4,10-15)11-6-7-11/h11,14H,5-10H2,1-4H3. The van der Waals surface area contributed by atoms with Crippen molar-refractivity contribution in [3.8, 4) is 0 Å². The zero-order valence-corrected chi connectivity index (χ0v) is 10.8. The highest BCUT2D eigenvalue weighted by atomic mass is 15.2. The van der Waals surface area contributed by atoms with Gasteiger partial charge < -0.3 is 5.32 Å². The Kier molecular flexibility index (Phi) is 2.85. The van der Waals surface area contributed by atoms with E-state index in [9.17, 15) is 0 Å². The molecule has 0 aromatic heterocycles. The van der Waals surface area contributed by atoms with Crippen molar-refractivity contribution in [3.05, 3.63) is 0 Å². The van der Waals surface area contributed by atoms with Gasteiger partial charge in [0.25, 0.3) is 0 Å². The van der Waals surface area contributed by atoms with Gasteiger partial charge in [-0.15, -0.1) is 0 Å². The average Bonchev–Trinajstić information content (AvgIpc) is 2.85. The van der Waals surface area contributed by atoms with Crippen molar-refractivity contribution < 1.29 is 0 Å². The second-order valence-electron chi connectivity index (χ2n) is 6.56. The first-order chi connectivity index (χ1) is 6.92. The predicted octanol–water partition coefficient (Wildman–Crippen LogP) is 2.25. The summed E-state index contributed by atoms with van der Waals surface area (Å²) in [6.07, 6.45) is 4.16. The van der Waals surface area contributed by atoms with E-state index >= 15 is 0 Å². The molecule has 1 unspecified atom stereocenters. The molecule has 1 atom stereocenters. The molecule has 2 heteroatoms. The minimum atomic E-state index is 0.322. The van der Waals surface area contributed by atoms with E-state index in [4.69, 9.17) is 0 Å². The van der Waals surface area contributed by atoms with Crippen LogP contribution in [0.1, 0.15) is 47.0 Å². The van der Waals surface area contributed by atoms with Crippen LogP contribution in [0.4, 0.5) is 0 Å². The summed E-state index contributed by atoms with van der Waals surface area (Å²) in [4.78, 5) is 2.66. The van der Waals surface area contributed by atoms with Gasteiger partial charge in [0.2, 0.25) is 0 Å². The van der Waals surface area contributed by atoms with Crippen molar-refractivity contribution in [1.82, 2.24) is 10.2 Å². The Bertz CT molecular complexity index is 227. The quantitative estimate of drug-likeness (QED) is 0.714. The number of hydrogen-bond donors (Lipinski definition) is 1. The van der Waals surface area contributed by atoms with Gasteiger partial charge in [0.1, 0.15) is 0 Å². The highest BCUT2D eigenvalue weighted by Crippen LogP contribution is 2.41. The lowest BCUT2D eigenvalue weighted by Crippen LogP contribution is -2.54. The van der Waals surface area contributed by atoms with Crippen LogP contribution in [0.25, 0.3) is 0 Å². The molecule has 1 saturated heterocycles. The van der Waals surface area contributed by atoms with Crippen LogP contribution in [-0.2, 0) is 0 Å². The molecule has 2 aliphatic rings. The van der Waals surface area contributed by atoms with E-state index in [1.165, 1.54) is 38.9 Å². The lowest BCUT2D eigenvalue weighted by Gasteiger charge is -2.40. The molecule has 1 heterocycles. The fraction of sp³-hybridized carbons (Fsp3) is 1.00. The van der Waals surface area contributed by atoms with Crippen LogP contribution in [-0.4, -0.2) is 35.6 Å². The third kappa shape index (κ3) is 2.54. The van der Waals surface area contributed by atoms with E-state index in [1.807, 2.05) is 0 Å². The highest BCUT2D eigenvalue weighted by molar-refractivity contribution is 5.02. The van der Waals surface area contributed by atoms with E-state index in [0.717, 1.165) is 5.92 Å². The molecule has 0 bridgehead atoms. The molecule has 2 fully saturated rings. The summed E-state index contributed by atoms with van der Waals surface area (Å²) in [7, 11) is 0. The van der Waals surface area contributed by atoms with Gasteiger partial charge in [0.05, 0.1) is 0 Å². The van der Waals surface area contributed by atoms with Gasteiger partial charge in [-0.2, -0.15) is 0 Å². The Balaban J connectivity index is 2.08. The second-order valence-corrected chi connectivity index (χ2v) is 6.56. The third-order valence-electron chi connectivity index (χ3n) is 4.08. The Morgan fingerprint density at radius 2 is 1.93 bits per heavy atom. The zero-order chi connectivity index (χ0) is 11.1. The summed E-state index contributed by atoms with van der Waals surface area (Å²) < 4.78 is 0. The summed E-state index contributed by atoms with van der Waals surface area (Å²) in [6.45, 7) is 13.1. The van der Waals surface area contributed by atoms with Crippen molar-refractivity contribution in [2.75, 3.05) is 19.6 Å². The van der Waals surface area contributed by atoms with E-state index in [2.05, 4.69) is 37.9 Å². The van der Waals surface area contributed by atoms with Gasteiger partial charge in [-0.3, -0.25) is 4.90 Å². The smallest absolute Gasteiger partial charge is 0.0308 e. The van der Waals surface area contributed by atoms with Gasteiger partial charge in [-0.25, -0.2) is 0 Å². The van der Waals surface area contributed by atoms with E-state index < -0.39 is 0 Å². The van der Waals surface area contributed by atoms with Crippen molar-refractivity contribution >= 4 is 0 Å². The third-order valence-corrected chi connectivity index (χ3v) is 4.08. The van der Waals surface area contributed by atoms with Crippen molar-refractivity contribution in [2.45, 2.75) is 58.0 Å². The maximum Gasteiger partial charge on any atom is 0.0308 e. The summed E-state index contributed by atoms with van der Waals surface area (Å²) in [5.41, 5.74) is 0.700. The average molecular weight is 210 g/mol. The summed E-state index contributed by atoms with van der Waals surface area (Å²) in [6, 6.07) is 0. The topological polar surface area (TPSA) is 15.3 Å². The Hall–Kier alpha value is -0.0800. The van der Waals surface area contributed by atoms with Crippen LogP contribution in [0, 0.1) is 5.92 Å². The monoisotopic (exact) mass is 210 g/mol. The van der Waals surface area contributed by atoms with Crippen molar-refractivity contribution in [1.29, 1.82) is 0 Å². The van der Waals surface area contributed by atoms with Crippen LogP contribution in [0.2, 0.25) is 0 Å². The molecule has 15 heavy (non-hydrogen) atoms. The minimum absolute atomic E-state index is 0.322. The van der Waals surface area contributed by atoms with Crippen LogP contribution in [0.5, 0.6) is 0 Å². The Morgan fingerprint density at radius 3 is 2.47 bits per heavy atom. The molecule has 1 N–H and O–H groups in total. The Morgan fingerprint density at radius 1 is 1.27 bits per heavy atom. The van der Waals surface area contributed by atoms with E-state index in [1.54, 1.807) is 0 Å². The highest BCUT2D eigenvalue weighted by Gasteiger charge is 2.44. The molecular weight excluding hydrogens is 184 g/mol. The van der Waals surface area contributed by atoms with Crippen molar-refractivity contribution in [2.24, 2.45) is 5.92 Å². The predicted molar refractivity (Wildman–Crippen MR) is 65.1 cm³/mol. The Labute approximate surface area is 94.4 Å². The molecule has 0 aromatic rings. The van der Waals surface area contributed by atoms with Gasteiger partial charge >= 0.3 is 0 Å². The first-order valence-corrected chi connectivity index (χ1v) is 6.42. The van der Waals surface area contributed by atoms with Crippen LogP contribution >= 0.6 is 0 Å². The SMILES string of the molecule is CC1(C2CC2)CN(C(C)(C)C)CCCN1. The zero-order valence-electron chi connectivity index (χ0n) is 10.8. The minimum Gasteiger partial charge on any atom is -0.310 e. The molecular formula is C13H26N2. The number of rotatable bonds is 1. The number of nitrogens with one attached hydrogen (secondary N) is 1. The summed E-state index contributed by atoms with van der Waals surface area (Å²) >= 11 is 0. The molecule has 2 nitrogen and oxygen atoms in total. The van der Waals surface area contributed by atoms with Crippen LogP contribution in [0.15, 0.2) is 0 Å². The lowest BCUT2D eigenvalue weighted by molar-refractivity contribution is 0.104. The van der Waals surface area contributed by atoms with Gasteiger partial charge in [-0.05, 0) is 66.0 Å². The molecule has 1 saturated carbocycles. The first-order valence-electron chi connectivity index (χ1n) is 6.42. The van der Waals surface area contributed by atoms with Gasteiger partial charge in [-0.1, -0.05) is 0 Å². The second kappa shape index (κ2) is 3.74. The first kappa shape index (κ1) is 11.4. The molecule has 88 valence electrons.